The molecule has 1 amide bonds. The monoisotopic (exact) mass is 486 g/mol. The molecular formula is C26H35BrN2O2. The number of piperidine rings is 1. The Morgan fingerprint density at radius 2 is 1.77 bits per heavy atom. The summed E-state index contributed by atoms with van der Waals surface area (Å²) in [7, 11) is 1.72. The molecule has 5 heteroatoms. The third-order valence-corrected chi connectivity index (χ3v) is 6.87. The quantitative estimate of drug-likeness (QED) is 0.523. The predicted molar refractivity (Wildman–Crippen MR) is 131 cm³/mol. The summed E-state index contributed by atoms with van der Waals surface area (Å²) in [6.07, 6.45) is 1.82. The first-order chi connectivity index (χ1) is 14.8. The molecule has 1 aliphatic heterocycles. The van der Waals surface area contributed by atoms with E-state index in [1.165, 1.54) is 16.7 Å². The Hall–Kier alpha value is -1.85. The smallest absolute Gasteiger partial charge is 0.223 e. The number of nitrogens with one attached hydrogen (secondary N) is 1. The van der Waals surface area contributed by atoms with Crippen LogP contribution in [0.25, 0.3) is 0 Å². The van der Waals surface area contributed by atoms with E-state index < -0.39 is 0 Å². The molecule has 2 aromatic carbocycles. The van der Waals surface area contributed by atoms with Crippen LogP contribution < -0.4 is 10.1 Å². The highest BCUT2D eigenvalue weighted by Crippen LogP contribution is 2.32. The molecule has 1 N–H and O–H groups in total. The Labute approximate surface area is 195 Å². The van der Waals surface area contributed by atoms with E-state index in [0.29, 0.717) is 5.92 Å². The van der Waals surface area contributed by atoms with E-state index in [9.17, 15) is 4.79 Å². The molecule has 1 atom stereocenters. The Morgan fingerprint density at radius 3 is 2.35 bits per heavy atom. The standard InChI is InChI=1S/C26H35BrN2O2/c1-17(2)23-15-24(18(3)14-25(23)31-5)19(4)28-26(30)21-10-12-29(13-11-21)16-20-6-8-22(27)9-7-20/h6-9,14-15,17,19,21H,10-13,16H2,1-5H3,(H,28,30)/t19-/m1/s1. The van der Waals surface area contributed by atoms with Crippen LogP contribution in [0.5, 0.6) is 5.75 Å². The number of aryl methyl sites for hydroxylation is 1. The Balaban J connectivity index is 1.57. The zero-order chi connectivity index (χ0) is 22.5. The first kappa shape index (κ1) is 23.8. The van der Waals surface area contributed by atoms with E-state index in [-0.39, 0.29) is 17.9 Å². The number of methoxy groups -OCH3 is 1. The van der Waals surface area contributed by atoms with Crippen LogP contribution in [0.2, 0.25) is 0 Å². The fourth-order valence-electron chi connectivity index (χ4n) is 4.42. The van der Waals surface area contributed by atoms with Crippen molar-refractivity contribution in [3.05, 3.63) is 63.1 Å². The number of hydrogen-bond acceptors (Lipinski definition) is 3. The van der Waals surface area contributed by atoms with Crippen LogP contribution in [0.3, 0.4) is 0 Å². The lowest BCUT2D eigenvalue weighted by atomic mass is 9.92. The van der Waals surface area contributed by atoms with Crippen molar-refractivity contribution in [1.29, 1.82) is 0 Å². The van der Waals surface area contributed by atoms with Crippen molar-refractivity contribution < 1.29 is 9.53 Å². The molecule has 2 aromatic rings. The van der Waals surface area contributed by atoms with Crippen molar-refractivity contribution in [2.75, 3.05) is 20.2 Å². The maximum atomic E-state index is 13.0. The number of carbonyl (C=O) groups excluding carboxylic acids is 1. The summed E-state index contributed by atoms with van der Waals surface area (Å²) in [5, 5.41) is 3.28. The zero-order valence-corrected chi connectivity index (χ0v) is 21.0. The fraction of sp³-hybridized carbons (Fsp3) is 0.500. The molecule has 4 nitrogen and oxygen atoms in total. The van der Waals surface area contributed by atoms with E-state index in [4.69, 9.17) is 4.74 Å². The third kappa shape index (κ3) is 6.11. The van der Waals surface area contributed by atoms with Crippen molar-refractivity contribution in [1.82, 2.24) is 10.2 Å². The molecule has 0 saturated carbocycles. The van der Waals surface area contributed by atoms with Crippen LogP contribution in [0, 0.1) is 12.8 Å². The van der Waals surface area contributed by atoms with Crippen LogP contribution >= 0.6 is 15.9 Å². The normalized spacial score (nSPS) is 16.4. The Bertz CT molecular complexity index is 887. The summed E-state index contributed by atoms with van der Waals surface area (Å²) in [4.78, 5) is 15.4. The summed E-state index contributed by atoms with van der Waals surface area (Å²) >= 11 is 3.49. The molecule has 0 spiro atoms. The number of halogens is 1. The SMILES string of the molecule is COc1cc(C)c([C@@H](C)NC(=O)C2CCN(Cc3ccc(Br)cc3)CC2)cc1C(C)C. The molecule has 1 aliphatic rings. The highest BCUT2D eigenvalue weighted by atomic mass is 79.9. The van der Waals surface area contributed by atoms with Crippen LogP contribution in [-0.4, -0.2) is 31.0 Å². The molecule has 1 saturated heterocycles. The molecule has 3 rings (SSSR count). The van der Waals surface area contributed by atoms with Gasteiger partial charge < -0.3 is 10.1 Å². The van der Waals surface area contributed by atoms with Gasteiger partial charge in [-0.15, -0.1) is 0 Å². The lowest BCUT2D eigenvalue weighted by Gasteiger charge is -2.32. The molecule has 0 aliphatic carbocycles. The lowest BCUT2D eigenvalue weighted by Crippen LogP contribution is -2.41. The number of amides is 1. The van der Waals surface area contributed by atoms with Gasteiger partial charge >= 0.3 is 0 Å². The van der Waals surface area contributed by atoms with Crippen molar-refractivity contribution in [2.45, 2.75) is 59.0 Å². The van der Waals surface area contributed by atoms with Gasteiger partial charge in [-0.25, -0.2) is 0 Å². The van der Waals surface area contributed by atoms with Gasteiger partial charge in [-0.2, -0.15) is 0 Å². The van der Waals surface area contributed by atoms with Gasteiger partial charge in [-0.3, -0.25) is 9.69 Å². The number of likely N-dealkylation sites (tertiary alicyclic amines) is 1. The highest BCUT2D eigenvalue weighted by molar-refractivity contribution is 9.10. The average molecular weight is 487 g/mol. The van der Waals surface area contributed by atoms with Crippen LogP contribution in [0.1, 0.15) is 67.8 Å². The van der Waals surface area contributed by atoms with Gasteiger partial charge in [0.25, 0.3) is 0 Å². The lowest BCUT2D eigenvalue weighted by molar-refractivity contribution is -0.127. The van der Waals surface area contributed by atoms with E-state index in [1.807, 2.05) is 0 Å². The van der Waals surface area contributed by atoms with Crippen molar-refractivity contribution in [2.24, 2.45) is 5.92 Å². The van der Waals surface area contributed by atoms with E-state index in [2.05, 4.69) is 90.2 Å². The summed E-state index contributed by atoms with van der Waals surface area (Å²) < 4.78 is 6.67. The molecule has 0 unspecified atom stereocenters. The van der Waals surface area contributed by atoms with Crippen LogP contribution in [0.15, 0.2) is 40.9 Å². The summed E-state index contributed by atoms with van der Waals surface area (Å²) in [6, 6.07) is 12.8. The van der Waals surface area contributed by atoms with Gasteiger partial charge in [0, 0.05) is 16.9 Å². The molecule has 1 fully saturated rings. The maximum Gasteiger partial charge on any atom is 0.223 e. The number of carbonyl (C=O) groups is 1. The first-order valence-electron chi connectivity index (χ1n) is 11.2. The molecule has 0 aromatic heterocycles. The van der Waals surface area contributed by atoms with Gasteiger partial charge in [0.1, 0.15) is 5.75 Å². The van der Waals surface area contributed by atoms with Crippen LogP contribution in [0.4, 0.5) is 0 Å². The second-order valence-corrected chi connectivity index (χ2v) is 9.93. The molecular weight excluding hydrogens is 452 g/mol. The topological polar surface area (TPSA) is 41.6 Å². The number of benzene rings is 2. The summed E-state index contributed by atoms with van der Waals surface area (Å²) in [5.41, 5.74) is 4.82. The number of hydrogen-bond donors (Lipinski definition) is 1. The van der Waals surface area contributed by atoms with Gasteiger partial charge in [0.2, 0.25) is 5.91 Å². The minimum Gasteiger partial charge on any atom is -0.496 e. The zero-order valence-electron chi connectivity index (χ0n) is 19.4. The minimum atomic E-state index is -0.0169. The molecule has 0 bridgehead atoms. The van der Waals surface area contributed by atoms with Crippen molar-refractivity contribution >= 4 is 21.8 Å². The fourth-order valence-corrected chi connectivity index (χ4v) is 4.68. The number of nitrogens with zero attached hydrogens (tertiary/aromatic N) is 1. The summed E-state index contributed by atoms with van der Waals surface area (Å²) in [6.45, 7) is 11.4. The van der Waals surface area contributed by atoms with E-state index >= 15 is 0 Å². The number of ether oxygens (including phenoxy) is 1. The molecule has 1 heterocycles. The average Bonchev–Trinajstić information content (AvgIpc) is 2.75. The minimum absolute atomic E-state index is 0.0169. The van der Waals surface area contributed by atoms with Crippen LogP contribution in [-0.2, 0) is 11.3 Å². The first-order valence-corrected chi connectivity index (χ1v) is 12.0. The highest BCUT2D eigenvalue weighted by Gasteiger charge is 2.26. The second kappa shape index (κ2) is 10.6. The molecule has 168 valence electrons. The summed E-state index contributed by atoms with van der Waals surface area (Å²) in [5.74, 6) is 1.56. The van der Waals surface area contributed by atoms with E-state index in [1.54, 1.807) is 7.11 Å². The van der Waals surface area contributed by atoms with Gasteiger partial charge in [0.15, 0.2) is 0 Å². The largest absolute Gasteiger partial charge is 0.496 e. The predicted octanol–water partition coefficient (Wildman–Crippen LogP) is 5.98. The van der Waals surface area contributed by atoms with Gasteiger partial charge in [0.05, 0.1) is 13.2 Å². The Kier molecular flexibility index (Phi) is 8.17. The van der Waals surface area contributed by atoms with Gasteiger partial charge in [-0.1, -0.05) is 41.9 Å². The molecule has 0 radical (unpaired) electrons. The second-order valence-electron chi connectivity index (χ2n) is 9.01. The number of rotatable bonds is 7. The third-order valence-electron chi connectivity index (χ3n) is 6.34. The van der Waals surface area contributed by atoms with Crippen molar-refractivity contribution in [3.63, 3.8) is 0 Å². The van der Waals surface area contributed by atoms with E-state index in [0.717, 1.165) is 48.3 Å². The van der Waals surface area contributed by atoms with Crippen molar-refractivity contribution in [3.8, 4) is 5.75 Å². The Morgan fingerprint density at radius 1 is 1.13 bits per heavy atom. The van der Waals surface area contributed by atoms with Gasteiger partial charge in [-0.05, 0) is 92.2 Å². The molecule has 31 heavy (non-hydrogen) atoms. The maximum absolute atomic E-state index is 13.0.